The fraction of sp³-hybridized carbons (Fsp3) is 0.742. The summed E-state index contributed by atoms with van der Waals surface area (Å²) in [5.41, 5.74) is 1.25. The number of amides is 3. The van der Waals surface area contributed by atoms with Crippen molar-refractivity contribution in [2.24, 2.45) is 17.3 Å². The van der Waals surface area contributed by atoms with Crippen molar-refractivity contribution < 1.29 is 9.59 Å². The zero-order valence-electron chi connectivity index (χ0n) is 23.4. The maximum absolute atomic E-state index is 13.5. The molecule has 6 heteroatoms. The molecule has 5 aliphatic rings. The highest BCUT2D eigenvalue weighted by Crippen LogP contribution is 2.49. The Hall–Kier alpha value is -2.08. The number of piperidine rings is 1. The first-order valence-corrected chi connectivity index (χ1v) is 14.8. The Morgan fingerprint density at radius 2 is 1.73 bits per heavy atom. The lowest BCUT2D eigenvalue weighted by atomic mass is 9.69. The summed E-state index contributed by atoms with van der Waals surface area (Å²) in [5.74, 6) is 1.74. The van der Waals surface area contributed by atoms with E-state index in [1.807, 2.05) is 11.9 Å². The zero-order chi connectivity index (χ0) is 25.9. The summed E-state index contributed by atoms with van der Waals surface area (Å²) in [6, 6.07) is 12.2. The molecule has 1 saturated carbocycles. The molecular formula is C31H46N4O2. The lowest BCUT2D eigenvalue weighted by molar-refractivity contribution is -0.145. The van der Waals surface area contributed by atoms with Crippen LogP contribution in [-0.2, 0) is 4.79 Å². The number of likely N-dealkylation sites (N-methyl/N-ethyl adjacent to an activating group) is 1. The average molecular weight is 507 g/mol. The summed E-state index contributed by atoms with van der Waals surface area (Å²) in [5, 5.41) is 0. The van der Waals surface area contributed by atoms with Crippen LogP contribution in [0.3, 0.4) is 0 Å². The third kappa shape index (κ3) is 4.27. The first-order valence-electron chi connectivity index (χ1n) is 14.8. The van der Waals surface area contributed by atoms with E-state index in [-0.39, 0.29) is 17.0 Å². The van der Waals surface area contributed by atoms with Crippen molar-refractivity contribution in [1.29, 1.82) is 0 Å². The van der Waals surface area contributed by atoms with Gasteiger partial charge in [0.15, 0.2) is 0 Å². The van der Waals surface area contributed by atoms with Gasteiger partial charge >= 0.3 is 6.03 Å². The summed E-state index contributed by atoms with van der Waals surface area (Å²) in [6.45, 7) is 11.2. The van der Waals surface area contributed by atoms with Crippen LogP contribution in [0.4, 0.5) is 4.79 Å². The minimum Gasteiger partial charge on any atom is -0.341 e. The Morgan fingerprint density at radius 1 is 1.05 bits per heavy atom. The first-order chi connectivity index (χ1) is 17.7. The highest BCUT2D eigenvalue weighted by molar-refractivity contribution is 5.83. The van der Waals surface area contributed by atoms with E-state index < -0.39 is 0 Å². The Labute approximate surface area is 223 Å². The highest BCUT2D eigenvalue weighted by Gasteiger charge is 2.57. The molecule has 3 amide bonds. The molecule has 202 valence electrons. The molecule has 1 aliphatic carbocycles. The van der Waals surface area contributed by atoms with Gasteiger partial charge in [-0.1, -0.05) is 57.5 Å². The minimum atomic E-state index is -0.131. The standard InChI is InChI=1S/C31H46N4O2/c1-22(2)17-35-29(37)32(4)21-31(35)15-25-11-12-26(16-31)34(25)19-24-18-33(28(36)30(3)13-8-14-30)20-27(24)23-9-6-5-7-10-23/h5-7,9-10,22,24-27H,8,11-21H2,1-4H3/t24-,25?,26?,27-,31?/m1/s1. The second kappa shape index (κ2) is 9.29. The van der Waals surface area contributed by atoms with Crippen LogP contribution in [0.15, 0.2) is 30.3 Å². The third-order valence-electron chi connectivity index (χ3n) is 10.6. The number of carbonyl (C=O) groups excluding carboxylic acids is 2. The van der Waals surface area contributed by atoms with Gasteiger partial charge in [0, 0.05) is 63.2 Å². The molecular weight excluding hydrogens is 460 g/mol. The van der Waals surface area contributed by atoms with Crippen molar-refractivity contribution in [2.45, 2.75) is 89.3 Å². The van der Waals surface area contributed by atoms with E-state index in [9.17, 15) is 9.59 Å². The molecule has 0 N–H and O–H groups in total. The van der Waals surface area contributed by atoms with E-state index in [1.54, 1.807) is 0 Å². The predicted octanol–water partition coefficient (Wildman–Crippen LogP) is 4.81. The van der Waals surface area contributed by atoms with Crippen LogP contribution in [0.25, 0.3) is 0 Å². The van der Waals surface area contributed by atoms with Crippen LogP contribution < -0.4 is 0 Å². The normalized spacial score (nSPS) is 35.2. The van der Waals surface area contributed by atoms with E-state index >= 15 is 0 Å². The van der Waals surface area contributed by atoms with Gasteiger partial charge in [0.05, 0.1) is 5.54 Å². The van der Waals surface area contributed by atoms with Gasteiger partial charge in [-0.2, -0.15) is 0 Å². The molecule has 1 aromatic rings. The van der Waals surface area contributed by atoms with Crippen LogP contribution in [-0.4, -0.2) is 88.9 Å². The summed E-state index contributed by atoms with van der Waals surface area (Å²) in [4.78, 5) is 35.9. The number of hydrogen-bond donors (Lipinski definition) is 0. The van der Waals surface area contributed by atoms with E-state index in [0.29, 0.717) is 35.7 Å². The molecule has 0 aromatic heterocycles. The molecule has 6 rings (SSSR count). The quantitative estimate of drug-likeness (QED) is 0.556. The summed E-state index contributed by atoms with van der Waals surface area (Å²) in [6.07, 6.45) is 7.94. The molecule has 5 fully saturated rings. The molecule has 0 radical (unpaired) electrons. The molecule has 2 bridgehead atoms. The number of likely N-dealkylation sites (tertiary alicyclic amines) is 1. The largest absolute Gasteiger partial charge is 0.341 e. The lowest BCUT2D eigenvalue weighted by Gasteiger charge is -2.49. The monoisotopic (exact) mass is 506 g/mol. The van der Waals surface area contributed by atoms with Crippen LogP contribution in [0.2, 0.25) is 0 Å². The molecule has 4 aliphatic heterocycles. The number of benzene rings is 1. The summed E-state index contributed by atoms with van der Waals surface area (Å²) < 4.78 is 0. The Bertz CT molecular complexity index is 1010. The summed E-state index contributed by atoms with van der Waals surface area (Å²) >= 11 is 0. The van der Waals surface area contributed by atoms with Crippen LogP contribution in [0.5, 0.6) is 0 Å². The fourth-order valence-corrected chi connectivity index (χ4v) is 8.58. The lowest BCUT2D eigenvalue weighted by Crippen LogP contribution is -2.59. The van der Waals surface area contributed by atoms with Crippen molar-refractivity contribution in [3.8, 4) is 0 Å². The van der Waals surface area contributed by atoms with Crippen LogP contribution >= 0.6 is 0 Å². The molecule has 6 nitrogen and oxygen atoms in total. The number of rotatable bonds is 6. The van der Waals surface area contributed by atoms with Gasteiger partial charge in [0.2, 0.25) is 5.91 Å². The van der Waals surface area contributed by atoms with Gasteiger partial charge in [-0.25, -0.2) is 4.79 Å². The van der Waals surface area contributed by atoms with Crippen molar-refractivity contribution in [2.75, 3.05) is 39.8 Å². The van der Waals surface area contributed by atoms with Gasteiger partial charge < -0.3 is 14.7 Å². The SMILES string of the molecule is CC(C)CN1C(=O)N(C)CC12CC1CCC(C2)N1C[C@H]1CN(C(=O)C2(C)CCC2)C[C@@H]1c1ccccc1. The second-order valence-electron chi connectivity index (χ2n) is 13.8. The maximum atomic E-state index is 13.5. The van der Waals surface area contributed by atoms with Gasteiger partial charge in [0.1, 0.15) is 0 Å². The van der Waals surface area contributed by atoms with E-state index in [1.165, 1.54) is 24.8 Å². The van der Waals surface area contributed by atoms with Crippen LogP contribution in [0, 0.1) is 17.3 Å². The van der Waals surface area contributed by atoms with Gasteiger partial charge in [-0.15, -0.1) is 0 Å². The topological polar surface area (TPSA) is 47.1 Å². The van der Waals surface area contributed by atoms with Crippen molar-refractivity contribution in [1.82, 2.24) is 19.6 Å². The molecule has 37 heavy (non-hydrogen) atoms. The highest BCUT2D eigenvalue weighted by atomic mass is 16.2. The molecule has 4 heterocycles. The first kappa shape index (κ1) is 25.2. The van der Waals surface area contributed by atoms with Crippen molar-refractivity contribution >= 4 is 11.9 Å². The van der Waals surface area contributed by atoms with Crippen LogP contribution in [0.1, 0.15) is 77.2 Å². The second-order valence-corrected chi connectivity index (χ2v) is 13.8. The number of fused-ring (bicyclic) bond motifs is 2. The molecule has 1 aromatic carbocycles. The predicted molar refractivity (Wildman–Crippen MR) is 146 cm³/mol. The van der Waals surface area contributed by atoms with Gasteiger partial charge in [-0.05, 0) is 55.9 Å². The third-order valence-corrected chi connectivity index (χ3v) is 10.6. The number of nitrogens with zero attached hydrogens (tertiary/aromatic N) is 4. The number of hydrogen-bond acceptors (Lipinski definition) is 3. The van der Waals surface area contributed by atoms with Crippen molar-refractivity contribution in [3.63, 3.8) is 0 Å². The van der Waals surface area contributed by atoms with E-state index in [4.69, 9.17) is 0 Å². The van der Waals surface area contributed by atoms with Crippen molar-refractivity contribution in [3.05, 3.63) is 35.9 Å². The zero-order valence-corrected chi connectivity index (χ0v) is 23.4. The molecule has 2 unspecified atom stereocenters. The Balaban J connectivity index is 1.21. The maximum Gasteiger partial charge on any atom is 0.320 e. The average Bonchev–Trinajstić information content (AvgIpc) is 3.45. The number of urea groups is 1. The molecule has 1 spiro atoms. The smallest absolute Gasteiger partial charge is 0.320 e. The Morgan fingerprint density at radius 3 is 2.32 bits per heavy atom. The Kier molecular flexibility index (Phi) is 6.33. The van der Waals surface area contributed by atoms with Gasteiger partial charge in [-0.3, -0.25) is 9.69 Å². The minimum absolute atomic E-state index is 0.00619. The molecule has 4 atom stereocenters. The van der Waals surface area contributed by atoms with E-state index in [0.717, 1.165) is 58.4 Å². The van der Waals surface area contributed by atoms with E-state index in [2.05, 4.69) is 65.8 Å². The summed E-state index contributed by atoms with van der Waals surface area (Å²) in [7, 11) is 1.98. The number of carbonyl (C=O) groups is 2. The molecule has 4 saturated heterocycles. The fourth-order valence-electron chi connectivity index (χ4n) is 8.58. The van der Waals surface area contributed by atoms with Gasteiger partial charge in [0.25, 0.3) is 0 Å².